The third-order valence-electron chi connectivity index (χ3n) is 2.27. The van der Waals surface area contributed by atoms with Crippen molar-refractivity contribution in [2.45, 2.75) is 18.5 Å². The highest BCUT2D eigenvalue weighted by molar-refractivity contribution is 7.94. The molecule has 1 unspecified atom stereocenters. The summed E-state index contributed by atoms with van der Waals surface area (Å²) in [6, 6.07) is -2.67. The molecule has 8 nitrogen and oxygen atoms in total. The van der Waals surface area contributed by atoms with E-state index in [1.165, 1.54) is 6.08 Å². The number of hydrogen-bond acceptors (Lipinski definition) is 5. The van der Waals surface area contributed by atoms with E-state index in [0.717, 1.165) is 5.41 Å². The van der Waals surface area contributed by atoms with Crippen LogP contribution < -0.4 is 10.6 Å². The number of aliphatic carboxylic acids is 1. The second-order valence-corrected chi connectivity index (χ2v) is 5.72. The summed E-state index contributed by atoms with van der Waals surface area (Å²) in [5.74, 6) is -1.51. The average Bonchev–Trinajstić information content (AvgIpc) is 2.57. The molecule has 1 aliphatic rings. The summed E-state index contributed by atoms with van der Waals surface area (Å²) in [7, 11) is -3.28. The van der Waals surface area contributed by atoms with Crippen LogP contribution in [0.2, 0.25) is 0 Å². The van der Waals surface area contributed by atoms with Gasteiger partial charge in [-0.15, -0.1) is 0 Å². The summed E-state index contributed by atoms with van der Waals surface area (Å²) < 4.78 is 22.1. The van der Waals surface area contributed by atoms with Crippen LogP contribution in [-0.4, -0.2) is 55.1 Å². The van der Waals surface area contributed by atoms with Crippen molar-refractivity contribution in [2.24, 2.45) is 0 Å². The van der Waals surface area contributed by atoms with Crippen molar-refractivity contribution in [3.05, 3.63) is 11.5 Å². The average molecular weight is 278 g/mol. The predicted molar refractivity (Wildman–Crippen MR) is 61.5 cm³/mol. The summed E-state index contributed by atoms with van der Waals surface area (Å²) in [5.41, 5.74) is 0. The Bertz CT molecular complexity index is 458. The Morgan fingerprint density at radius 2 is 2.11 bits per heavy atom. The van der Waals surface area contributed by atoms with Crippen LogP contribution in [0.1, 0.15) is 6.42 Å². The molecule has 2 atom stereocenters. The number of hydrogen-bond donors (Lipinski definition) is 4. The minimum atomic E-state index is -3.28. The van der Waals surface area contributed by atoms with Crippen LogP contribution in [0.4, 0.5) is 4.79 Å². The first-order valence-corrected chi connectivity index (χ1v) is 6.87. The lowest BCUT2D eigenvalue weighted by molar-refractivity contribution is -0.139. The molecular weight excluding hydrogens is 264 g/mol. The maximum atomic E-state index is 11.4. The van der Waals surface area contributed by atoms with Crippen molar-refractivity contribution in [1.29, 1.82) is 0 Å². The molecule has 1 heterocycles. The van der Waals surface area contributed by atoms with Gasteiger partial charge in [0.1, 0.15) is 6.04 Å². The lowest BCUT2D eigenvalue weighted by Gasteiger charge is -2.16. The van der Waals surface area contributed by atoms with Crippen LogP contribution >= 0.6 is 0 Å². The SMILES string of the molecule is O=C(NC1C=CS(=O)(=O)C1)N[C@@H](CCO)C(=O)O. The number of urea groups is 1. The number of carbonyl (C=O) groups excluding carboxylic acids is 1. The molecule has 0 aliphatic carbocycles. The molecule has 1 aliphatic heterocycles. The van der Waals surface area contributed by atoms with E-state index in [9.17, 15) is 18.0 Å². The Hall–Kier alpha value is -1.61. The quantitative estimate of drug-likeness (QED) is 0.480. The monoisotopic (exact) mass is 278 g/mol. The topological polar surface area (TPSA) is 133 Å². The molecule has 18 heavy (non-hydrogen) atoms. The van der Waals surface area contributed by atoms with Gasteiger partial charge in [-0.25, -0.2) is 18.0 Å². The molecule has 0 radical (unpaired) electrons. The van der Waals surface area contributed by atoms with E-state index in [2.05, 4.69) is 10.6 Å². The van der Waals surface area contributed by atoms with E-state index in [1.54, 1.807) is 0 Å². The third-order valence-corrected chi connectivity index (χ3v) is 3.66. The van der Waals surface area contributed by atoms with Gasteiger partial charge < -0.3 is 20.8 Å². The number of carbonyl (C=O) groups is 2. The Balaban J connectivity index is 2.47. The number of rotatable bonds is 5. The van der Waals surface area contributed by atoms with Crippen molar-refractivity contribution in [3.63, 3.8) is 0 Å². The van der Waals surface area contributed by atoms with Gasteiger partial charge in [0, 0.05) is 18.4 Å². The van der Waals surface area contributed by atoms with Crippen LogP contribution in [0, 0.1) is 0 Å². The van der Waals surface area contributed by atoms with Gasteiger partial charge in [0.2, 0.25) is 0 Å². The van der Waals surface area contributed by atoms with Crippen LogP contribution in [0.3, 0.4) is 0 Å². The molecule has 1 rings (SSSR count). The van der Waals surface area contributed by atoms with Gasteiger partial charge in [0.15, 0.2) is 9.84 Å². The maximum Gasteiger partial charge on any atom is 0.326 e. The molecule has 0 spiro atoms. The van der Waals surface area contributed by atoms with E-state index in [4.69, 9.17) is 10.2 Å². The van der Waals surface area contributed by atoms with E-state index >= 15 is 0 Å². The van der Waals surface area contributed by atoms with Crippen molar-refractivity contribution >= 4 is 21.8 Å². The van der Waals surface area contributed by atoms with Crippen molar-refractivity contribution < 1.29 is 28.2 Å². The van der Waals surface area contributed by atoms with Crippen molar-refractivity contribution in [2.75, 3.05) is 12.4 Å². The van der Waals surface area contributed by atoms with E-state index < -0.39 is 33.9 Å². The molecule has 0 aromatic rings. The fourth-order valence-electron chi connectivity index (χ4n) is 1.42. The summed E-state index contributed by atoms with van der Waals surface area (Å²) in [5, 5.41) is 22.8. The number of sulfone groups is 1. The van der Waals surface area contributed by atoms with Gasteiger partial charge in [-0.2, -0.15) is 0 Å². The first-order chi connectivity index (χ1) is 8.34. The minimum Gasteiger partial charge on any atom is -0.480 e. The van der Waals surface area contributed by atoms with Crippen LogP contribution in [0.15, 0.2) is 11.5 Å². The molecule has 0 saturated heterocycles. The lowest BCUT2D eigenvalue weighted by atomic mass is 10.2. The zero-order valence-electron chi connectivity index (χ0n) is 9.37. The number of aliphatic hydroxyl groups is 1. The van der Waals surface area contributed by atoms with Gasteiger partial charge in [-0.1, -0.05) is 0 Å². The second-order valence-electron chi connectivity index (χ2n) is 3.79. The van der Waals surface area contributed by atoms with Crippen molar-refractivity contribution in [1.82, 2.24) is 10.6 Å². The molecule has 9 heteroatoms. The molecule has 4 N–H and O–H groups in total. The normalized spacial score (nSPS) is 22.4. The van der Waals surface area contributed by atoms with Crippen LogP contribution in [0.5, 0.6) is 0 Å². The van der Waals surface area contributed by atoms with Crippen molar-refractivity contribution in [3.8, 4) is 0 Å². The number of nitrogens with one attached hydrogen (secondary N) is 2. The third kappa shape index (κ3) is 4.34. The standard InChI is InChI=1S/C9H14N2O6S/c12-3-1-7(8(13)14)11-9(15)10-6-2-4-18(16,17)5-6/h2,4,6-7,12H,1,3,5H2,(H,13,14)(H2,10,11,15)/t6?,7-/m0/s1. The lowest BCUT2D eigenvalue weighted by Crippen LogP contribution is -2.49. The smallest absolute Gasteiger partial charge is 0.326 e. The summed E-state index contributed by atoms with van der Waals surface area (Å²) >= 11 is 0. The van der Waals surface area contributed by atoms with E-state index in [1.807, 2.05) is 0 Å². The molecule has 0 aromatic heterocycles. The van der Waals surface area contributed by atoms with Gasteiger partial charge in [-0.3, -0.25) is 0 Å². The number of aliphatic hydroxyl groups excluding tert-OH is 1. The predicted octanol–water partition coefficient (Wildman–Crippen LogP) is -1.57. The van der Waals surface area contributed by atoms with E-state index in [0.29, 0.717) is 0 Å². The fraction of sp³-hybridized carbons (Fsp3) is 0.556. The highest BCUT2D eigenvalue weighted by Gasteiger charge is 2.25. The van der Waals surface area contributed by atoms with Gasteiger partial charge in [0.05, 0.1) is 11.8 Å². The molecule has 0 saturated carbocycles. The Morgan fingerprint density at radius 1 is 1.44 bits per heavy atom. The maximum absolute atomic E-state index is 11.4. The molecule has 102 valence electrons. The zero-order chi connectivity index (χ0) is 13.8. The number of carboxylic acids is 1. The van der Waals surface area contributed by atoms with Gasteiger partial charge in [0.25, 0.3) is 0 Å². The largest absolute Gasteiger partial charge is 0.480 e. The van der Waals surface area contributed by atoms with Gasteiger partial charge >= 0.3 is 12.0 Å². The Kier molecular flexibility index (Phi) is 4.68. The molecule has 0 fully saturated rings. The number of amides is 2. The molecule has 2 amide bonds. The molecule has 0 bridgehead atoms. The summed E-state index contributed by atoms with van der Waals surface area (Å²) in [6.07, 6.45) is 1.19. The summed E-state index contributed by atoms with van der Waals surface area (Å²) in [6.45, 7) is -0.380. The van der Waals surface area contributed by atoms with Gasteiger partial charge in [-0.05, 0) is 6.08 Å². The first-order valence-electron chi connectivity index (χ1n) is 5.15. The second kappa shape index (κ2) is 5.83. The number of carboxylic acid groups (broad SMARTS) is 1. The molecular formula is C9H14N2O6S. The Labute approximate surface area is 104 Å². The highest BCUT2D eigenvalue weighted by Crippen LogP contribution is 2.07. The van der Waals surface area contributed by atoms with E-state index in [-0.39, 0.29) is 18.8 Å². The molecule has 0 aromatic carbocycles. The first kappa shape index (κ1) is 14.5. The Morgan fingerprint density at radius 3 is 2.56 bits per heavy atom. The fourth-order valence-corrected chi connectivity index (χ4v) is 2.66. The summed E-state index contributed by atoms with van der Waals surface area (Å²) in [4.78, 5) is 22.1. The minimum absolute atomic E-state index is 0.123. The van der Waals surface area contributed by atoms with Crippen LogP contribution in [-0.2, 0) is 14.6 Å². The highest BCUT2D eigenvalue weighted by atomic mass is 32.2. The van der Waals surface area contributed by atoms with Crippen LogP contribution in [0.25, 0.3) is 0 Å². The zero-order valence-corrected chi connectivity index (χ0v) is 10.2.